The predicted octanol–water partition coefficient (Wildman–Crippen LogP) is 6.76. The highest BCUT2D eigenvalue weighted by Gasteiger charge is 2.10. The second-order valence-corrected chi connectivity index (χ2v) is 9.72. The summed E-state index contributed by atoms with van der Waals surface area (Å²) in [6.07, 6.45) is 14.8. The van der Waals surface area contributed by atoms with E-state index in [1.807, 2.05) is 0 Å². The molecule has 2 aromatic rings. The molecule has 0 saturated carbocycles. The van der Waals surface area contributed by atoms with E-state index in [1.54, 1.807) is 0 Å². The van der Waals surface area contributed by atoms with Crippen LogP contribution in [0.3, 0.4) is 0 Å². The molecule has 0 aliphatic heterocycles. The second-order valence-electron chi connectivity index (χ2n) is 8.30. The Morgan fingerprint density at radius 3 is 1.72 bits per heavy atom. The van der Waals surface area contributed by atoms with Gasteiger partial charge in [0.15, 0.2) is 0 Å². The van der Waals surface area contributed by atoms with Crippen LogP contribution in [0.2, 0.25) is 0 Å². The van der Waals surface area contributed by atoms with Gasteiger partial charge in [0.25, 0.3) is 10.1 Å². The standard InChI is InChI=1S/C26H36O5S/c27-26(31-24-19-21-25(22-20-24)32(28,29)30)18-14-9-7-5-3-1-2-4-6-8-11-15-23-16-12-10-13-17-23/h10,12-13,16-17,19-22H,1-9,11,14-15,18H2,(H,28,29,30). The van der Waals surface area contributed by atoms with Crippen molar-refractivity contribution < 1.29 is 22.5 Å². The van der Waals surface area contributed by atoms with Gasteiger partial charge in [-0.05, 0) is 49.1 Å². The molecular formula is C26H36O5S. The Hall–Kier alpha value is -2.18. The maximum atomic E-state index is 11.9. The predicted molar refractivity (Wildman–Crippen MR) is 127 cm³/mol. The molecule has 0 fully saturated rings. The number of carbonyl (C=O) groups excluding carboxylic acids is 1. The van der Waals surface area contributed by atoms with Crippen molar-refractivity contribution in [1.29, 1.82) is 0 Å². The van der Waals surface area contributed by atoms with E-state index in [9.17, 15) is 13.2 Å². The van der Waals surface area contributed by atoms with E-state index in [0.29, 0.717) is 6.42 Å². The van der Waals surface area contributed by atoms with Crippen LogP contribution < -0.4 is 4.74 Å². The van der Waals surface area contributed by atoms with Gasteiger partial charge in [-0.1, -0.05) is 88.1 Å². The van der Waals surface area contributed by atoms with Crippen molar-refractivity contribution in [2.24, 2.45) is 0 Å². The molecule has 0 saturated heterocycles. The Balaban J connectivity index is 1.38. The molecule has 0 aromatic heterocycles. The summed E-state index contributed by atoms with van der Waals surface area (Å²) < 4.78 is 36.1. The topological polar surface area (TPSA) is 80.7 Å². The number of hydrogen-bond donors (Lipinski definition) is 1. The average Bonchev–Trinajstić information content (AvgIpc) is 2.77. The number of aryl methyl sites for hydroxylation is 1. The normalized spacial score (nSPS) is 11.4. The van der Waals surface area contributed by atoms with Crippen molar-refractivity contribution in [3.05, 3.63) is 60.2 Å². The third kappa shape index (κ3) is 11.4. The number of benzene rings is 2. The molecule has 0 amide bonds. The molecule has 2 aromatic carbocycles. The summed E-state index contributed by atoms with van der Waals surface area (Å²) in [5, 5.41) is 0. The van der Waals surface area contributed by atoms with Crippen molar-refractivity contribution in [2.45, 2.75) is 88.4 Å². The number of rotatable bonds is 16. The zero-order valence-corrected chi connectivity index (χ0v) is 19.7. The van der Waals surface area contributed by atoms with Crippen LogP contribution in [0.1, 0.15) is 82.6 Å². The smallest absolute Gasteiger partial charge is 0.311 e. The van der Waals surface area contributed by atoms with Gasteiger partial charge < -0.3 is 4.74 Å². The third-order valence-corrected chi connectivity index (χ3v) is 6.41. The largest absolute Gasteiger partial charge is 0.427 e. The fraction of sp³-hybridized carbons (Fsp3) is 0.500. The van der Waals surface area contributed by atoms with E-state index in [1.165, 1.54) is 87.6 Å². The first-order valence-corrected chi connectivity index (χ1v) is 13.2. The molecule has 1 N–H and O–H groups in total. The highest BCUT2D eigenvalue weighted by molar-refractivity contribution is 7.85. The van der Waals surface area contributed by atoms with Crippen molar-refractivity contribution in [3.8, 4) is 5.75 Å². The molecule has 0 radical (unpaired) electrons. The molecule has 6 heteroatoms. The van der Waals surface area contributed by atoms with Crippen LogP contribution in [0, 0.1) is 0 Å². The summed E-state index contributed by atoms with van der Waals surface area (Å²) in [5.41, 5.74) is 1.44. The molecule has 0 spiro atoms. The lowest BCUT2D eigenvalue weighted by molar-refractivity contribution is -0.134. The SMILES string of the molecule is O=C(CCCCCCCCCCCCCc1ccccc1)Oc1ccc(S(=O)(=O)O)cc1. The van der Waals surface area contributed by atoms with Crippen LogP contribution in [0.15, 0.2) is 59.5 Å². The molecule has 32 heavy (non-hydrogen) atoms. The molecular weight excluding hydrogens is 424 g/mol. The number of esters is 1. The Bertz CT molecular complexity index is 876. The number of ether oxygens (including phenoxy) is 1. The van der Waals surface area contributed by atoms with Crippen molar-refractivity contribution in [3.63, 3.8) is 0 Å². The van der Waals surface area contributed by atoms with Crippen LogP contribution in [0.5, 0.6) is 5.75 Å². The Morgan fingerprint density at radius 2 is 1.19 bits per heavy atom. The first-order chi connectivity index (χ1) is 15.4. The van der Waals surface area contributed by atoms with Gasteiger partial charge in [-0.2, -0.15) is 8.42 Å². The van der Waals surface area contributed by atoms with Crippen LogP contribution in [0.4, 0.5) is 0 Å². The summed E-state index contributed by atoms with van der Waals surface area (Å²) in [4.78, 5) is 11.6. The molecule has 0 heterocycles. The number of hydrogen-bond acceptors (Lipinski definition) is 4. The van der Waals surface area contributed by atoms with Crippen molar-refractivity contribution in [1.82, 2.24) is 0 Å². The molecule has 2 rings (SSSR count). The zero-order chi connectivity index (χ0) is 23.1. The molecule has 5 nitrogen and oxygen atoms in total. The molecule has 176 valence electrons. The van der Waals surface area contributed by atoms with E-state index in [4.69, 9.17) is 9.29 Å². The minimum Gasteiger partial charge on any atom is -0.427 e. The van der Waals surface area contributed by atoms with Gasteiger partial charge >= 0.3 is 5.97 Å². The first-order valence-electron chi connectivity index (χ1n) is 11.8. The quantitative estimate of drug-likeness (QED) is 0.129. The Kier molecular flexibility index (Phi) is 12.1. The molecule has 0 atom stereocenters. The van der Waals surface area contributed by atoms with Crippen LogP contribution in [-0.2, 0) is 21.3 Å². The molecule has 0 bridgehead atoms. The van der Waals surface area contributed by atoms with Gasteiger partial charge in [0.05, 0.1) is 4.90 Å². The molecule has 0 aliphatic rings. The molecule has 0 aliphatic carbocycles. The minimum atomic E-state index is -4.23. The summed E-state index contributed by atoms with van der Waals surface area (Å²) >= 11 is 0. The van der Waals surface area contributed by atoms with Gasteiger partial charge in [0.1, 0.15) is 5.75 Å². The van der Waals surface area contributed by atoms with Gasteiger partial charge in [0, 0.05) is 6.42 Å². The summed E-state index contributed by atoms with van der Waals surface area (Å²) in [5.74, 6) is -0.0423. The Morgan fingerprint density at radius 1 is 0.688 bits per heavy atom. The van der Waals surface area contributed by atoms with Gasteiger partial charge in [-0.3, -0.25) is 9.35 Å². The fourth-order valence-electron chi connectivity index (χ4n) is 3.70. The van der Waals surface area contributed by atoms with Crippen LogP contribution in [0.25, 0.3) is 0 Å². The summed E-state index contributed by atoms with van der Waals surface area (Å²) in [7, 11) is -4.23. The van der Waals surface area contributed by atoms with E-state index < -0.39 is 10.1 Å². The lowest BCUT2D eigenvalue weighted by Gasteiger charge is -2.05. The number of unbranched alkanes of at least 4 members (excludes halogenated alkanes) is 10. The maximum absolute atomic E-state index is 11.9. The average molecular weight is 461 g/mol. The summed E-state index contributed by atoms with van der Waals surface area (Å²) in [6, 6.07) is 15.8. The minimum absolute atomic E-state index is 0.222. The monoisotopic (exact) mass is 460 g/mol. The van der Waals surface area contributed by atoms with Gasteiger partial charge in [-0.25, -0.2) is 0 Å². The lowest BCUT2D eigenvalue weighted by atomic mass is 10.0. The zero-order valence-electron chi connectivity index (χ0n) is 18.9. The van der Waals surface area contributed by atoms with Crippen LogP contribution in [-0.4, -0.2) is 18.9 Å². The van der Waals surface area contributed by atoms with E-state index in [0.717, 1.165) is 19.3 Å². The van der Waals surface area contributed by atoms with E-state index in [-0.39, 0.29) is 16.6 Å². The van der Waals surface area contributed by atoms with E-state index >= 15 is 0 Å². The van der Waals surface area contributed by atoms with Crippen molar-refractivity contribution in [2.75, 3.05) is 0 Å². The summed E-state index contributed by atoms with van der Waals surface area (Å²) in [6.45, 7) is 0. The third-order valence-electron chi connectivity index (χ3n) is 5.54. The van der Waals surface area contributed by atoms with E-state index in [2.05, 4.69) is 30.3 Å². The van der Waals surface area contributed by atoms with Crippen LogP contribution >= 0.6 is 0 Å². The number of carbonyl (C=O) groups is 1. The van der Waals surface area contributed by atoms with Gasteiger partial charge in [-0.15, -0.1) is 0 Å². The Labute approximate surface area is 193 Å². The highest BCUT2D eigenvalue weighted by atomic mass is 32.2. The fourth-order valence-corrected chi connectivity index (χ4v) is 4.18. The molecule has 0 unspecified atom stereocenters. The van der Waals surface area contributed by atoms with Crippen molar-refractivity contribution >= 4 is 16.1 Å². The lowest BCUT2D eigenvalue weighted by Crippen LogP contribution is -2.07. The highest BCUT2D eigenvalue weighted by Crippen LogP contribution is 2.17. The first kappa shape index (κ1) is 26.1. The van der Waals surface area contributed by atoms with Gasteiger partial charge in [0.2, 0.25) is 0 Å². The second kappa shape index (κ2) is 14.8. The maximum Gasteiger partial charge on any atom is 0.311 e.